The molecular formula is C12H18N4O4. The van der Waals surface area contributed by atoms with Crippen LogP contribution in [0.15, 0.2) is 18.2 Å². The lowest BCUT2D eigenvalue weighted by Crippen LogP contribution is -2.46. The number of hydrazine groups is 1. The molecule has 20 heavy (non-hydrogen) atoms. The maximum atomic E-state index is 12.1. The number of nitrogens with two attached hydrogens (primary N) is 1. The van der Waals surface area contributed by atoms with Crippen molar-refractivity contribution in [2.45, 2.75) is 19.4 Å². The number of carbonyl (C=O) groups is 1. The van der Waals surface area contributed by atoms with Crippen molar-refractivity contribution in [3.05, 3.63) is 33.9 Å². The number of nitro groups is 1. The summed E-state index contributed by atoms with van der Waals surface area (Å²) >= 11 is 0. The number of nitro benzene ring substituents is 1. The van der Waals surface area contributed by atoms with Gasteiger partial charge in [-0.05, 0) is 26.0 Å². The number of methoxy groups -OCH3 is 1. The van der Waals surface area contributed by atoms with Crippen molar-refractivity contribution >= 4 is 17.3 Å². The Morgan fingerprint density at radius 3 is 2.65 bits per heavy atom. The number of rotatable bonds is 6. The summed E-state index contributed by atoms with van der Waals surface area (Å²) in [4.78, 5) is 22.4. The molecule has 0 aliphatic carbocycles. The number of nitrogens with zero attached hydrogens (tertiary/aromatic N) is 1. The van der Waals surface area contributed by atoms with E-state index in [1.807, 2.05) is 0 Å². The molecule has 0 bridgehead atoms. The molecule has 0 aliphatic rings. The minimum absolute atomic E-state index is 0.141. The molecule has 1 aromatic carbocycles. The molecule has 1 rings (SSSR count). The maximum Gasteiger partial charge on any atom is 0.294 e. The normalized spacial score (nSPS) is 11.0. The van der Waals surface area contributed by atoms with Gasteiger partial charge in [0.1, 0.15) is 5.69 Å². The summed E-state index contributed by atoms with van der Waals surface area (Å²) in [7, 11) is 1.53. The van der Waals surface area contributed by atoms with Gasteiger partial charge in [-0.15, -0.1) is 0 Å². The van der Waals surface area contributed by atoms with E-state index in [9.17, 15) is 14.9 Å². The van der Waals surface area contributed by atoms with Crippen molar-refractivity contribution in [2.24, 2.45) is 5.84 Å². The van der Waals surface area contributed by atoms with E-state index in [0.717, 1.165) is 0 Å². The third-order valence-corrected chi connectivity index (χ3v) is 2.57. The van der Waals surface area contributed by atoms with Crippen LogP contribution >= 0.6 is 0 Å². The van der Waals surface area contributed by atoms with Gasteiger partial charge in [-0.25, -0.2) is 0 Å². The fourth-order valence-corrected chi connectivity index (χ4v) is 1.72. The zero-order chi connectivity index (χ0) is 15.3. The monoisotopic (exact) mass is 282 g/mol. The van der Waals surface area contributed by atoms with E-state index in [2.05, 4.69) is 10.7 Å². The van der Waals surface area contributed by atoms with Gasteiger partial charge in [-0.2, -0.15) is 0 Å². The summed E-state index contributed by atoms with van der Waals surface area (Å²) in [6, 6.07) is 4.02. The molecule has 0 saturated carbocycles. The van der Waals surface area contributed by atoms with Gasteiger partial charge in [0.2, 0.25) is 0 Å². The third-order valence-electron chi connectivity index (χ3n) is 2.57. The molecule has 110 valence electrons. The van der Waals surface area contributed by atoms with Gasteiger partial charge < -0.3 is 15.5 Å². The Balaban J connectivity index is 3.00. The smallest absolute Gasteiger partial charge is 0.294 e. The largest absolute Gasteiger partial charge is 0.382 e. The van der Waals surface area contributed by atoms with Gasteiger partial charge in [0.25, 0.3) is 11.6 Å². The predicted octanol–water partition coefficient (Wildman–Crippen LogP) is 1.04. The second-order valence-corrected chi connectivity index (χ2v) is 4.90. The average Bonchev–Trinajstić information content (AvgIpc) is 2.37. The quantitative estimate of drug-likeness (QED) is 0.407. The van der Waals surface area contributed by atoms with E-state index < -0.39 is 16.4 Å². The molecule has 0 radical (unpaired) electrons. The Morgan fingerprint density at radius 2 is 2.15 bits per heavy atom. The highest BCUT2D eigenvalue weighted by Crippen LogP contribution is 2.24. The number of nitrogens with one attached hydrogen (secondary N) is 2. The molecule has 0 heterocycles. The average molecular weight is 282 g/mol. The van der Waals surface area contributed by atoms with Gasteiger partial charge in [-0.3, -0.25) is 20.8 Å². The van der Waals surface area contributed by atoms with Crippen molar-refractivity contribution in [2.75, 3.05) is 19.1 Å². The molecule has 0 spiro atoms. The minimum atomic E-state index is -0.605. The maximum absolute atomic E-state index is 12.1. The topological polar surface area (TPSA) is 120 Å². The van der Waals surface area contributed by atoms with Crippen molar-refractivity contribution < 1.29 is 14.5 Å². The number of hydrogen-bond donors (Lipinski definition) is 3. The molecule has 8 nitrogen and oxygen atoms in total. The Morgan fingerprint density at radius 1 is 1.50 bits per heavy atom. The highest BCUT2D eigenvalue weighted by molar-refractivity contribution is 5.96. The summed E-state index contributed by atoms with van der Waals surface area (Å²) in [6.07, 6.45) is 0. The Kier molecular flexibility index (Phi) is 5.00. The fraction of sp³-hybridized carbons (Fsp3) is 0.417. The Hall–Kier alpha value is -2.19. The molecule has 0 unspecified atom stereocenters. The van der Waals surface area contributed by atoms with Crippen LogP contribution in [-0.2, 0) is 4.74 Å². The van der Waals surface area contributed by atoms with Gasteiger partial charge in [0, 0.05) is 18.7 Å². The Bertz CT molecular complexity index is 516. The number of carbonyl (C=O) groups excluding carboxylic acids is 1. The predicted molar refractivity (Wildman–Crippen MR) is 74.3 cm³/mol. The zero-order valence-electron chi connectivity index (χ0n) is 11.6. The first kappa shape index (κ1) is 15.9. The molecule has 1 amide bonds. The van der Waals surface area contributed by atoms with Crippen LogP contribution in [0.4, 0.5) is 11.4 Å². The number of amides is 1. The van der Waals surface area contributed by atoms with Crippen molar-refractivity contribution in [3.8, 4) is 0 Å². The van der Waals surface area contributed by atoms with Crippen LogP contribution in [0.5, 0.6) is 0 Å². The van der Waals surface area contributed by atoms with E-state index in [1.165, 1.54) is 25.3 Å². The van der Waals surface area contributed by atoms with E-state index in [4.69, 9.17) is 10.6 Å². The van der Waals surface area contributed by atoms with Crippen LogP contribution in [0.1, 0.15) is 24.2 Å². The Labute approximate surface area is 116 Å². The molecule has 8 heteroatoms. The molecular weight excluding hydrogens is 264 g/mol. The van der Waals surface area contributed by atoms with Crippen LogP contribution in [0.2, 0.25) is 0 Å². The van der Waals surface area contributed by atoms with E-state index in [1.54, 1.807) is 13.8 Å². The molecule has 0 saturated heterocycles. The van der Waals surface area contributed by atoms with Crippen molar-refractivity contribution in [3.63, 3.8) is 0 Å². The highest BCUT2D eigenvalue weighted by Gasteiger charge is 2.23. The van der Waals surface area contributed by atoms with Gasteiger partial charge in [0.05, 0.1) is 17.1 Å². The summed E-state index contributed by atoms with van der Waals surface area (Å²) in [5, 5.41) is 13.6. The highest BCUT2D eigenvalue weighted by atomic mass is 16.6. The third kappa shape index (κ3) is 3.90. The van der Waals surface area contributed by atoms with Crippen LogP contribution in [0.25, 0.3) is 0 Å². The summed E-state index contributed by atoms with van der Waals surface area (Å²) in [5.74, 6) is 4.77. The second-order valence-electron chi connectivity index (χ2n) is 4.90. The number of benzene rings is 1. The first-order valence-electron chi connectivity index (χ1n) is 5.87. The summed E-state index contributed by atoms with van der Waals surface area (Å²) < 4.78 is 4.99. The summed E-state index contributed by atoms with van der Waals surface area (Å²) in [6.45, 7) is 3.90. The van der Waals surface area contributed by atoms with Crippen LogP contribution in [0, 0.1) is 10.1 Å². The number of hydrogen-bond acceptors (Lipinski definition) is 6. The lowest BCUT2D eigenvalue weighted by molar-refractivity contribution is -0.384. The number of ether oxygens (including phenoxy) is 1. The molecule has 0 aromatic heterocycles. The number of anilines is 1. The molecule has 0 atom stereocenters. The molecule has 4 N–H and O–H groups in total. The van der Waals surface area contributed by atoms with Crippen LogP contribution < -0.4 is 16.6 Å². The van der Waals surface area contributed by atoms with E-state index in [0.29, 0.717) is 6.61 Å². The lowest BCUT2D eigenvalue weighted by atomic mass is 10.1. The van der Waals surface area contributed by atoms with Crippen molar-refractivity contribution in [1.29, 1.82) is 0 Å². The fourth-order valence-electron chi connectivity index (χ4n) is 1.72. The van der Waals surface area contributed by atoms with Gasteiger partial charge in [-0.1, -0.05) is 0 Å². The summed E-state index contributed by atoms with van der Waals surface area (Å²) in [5.41, 5.74) is 1.70. The number of nitrogen functional groups attached to an aromatic ring is 1. The van der Waals surface area contributed by atoms with Crippen molar-refractivity contribution in [1.82, 2.24) is 5.32 Å². The van der Waals surface area contributed by atoms with E-state index >= 15 is 0 Å². The SMILES string of the molecule is COCC(C)(C)NC(=O)c1ccc(NN)c([N+](=O)[O-])c1. The standard InChI is InChI=1S/C12H18N4O4/c1-12(2,7-20-3)14-11(17)8-4-5-9(15-13)10(6-8)16(18)19/h4-6,15H,7,13H2,1-3H3,(H,14,17). The molecule has 0 aliphatic heterocycles. The van der Waals surface area contributed by atoms with E-state index in [-0.39, 0.29) is 16.9 Å². The second kappa shape index (κ2) is 6.31. The van der Waals surface area contributed by atoms with Crippen LogP contribution in [-0.4, -0.2) is 30.1 Å². The van der Waals surface area contributed by atoms with Gasteiger partial charge >= 0.3 is 0 Å². The zero-order valence-corrected chi connectivity index (χ0v) is 11.6. The van der Waals surface area contributed by atoms with Gasteiger partial charge in [0.15, 0.2) is 0 Å². The first-order valence-corrected chi connectivity index (χ1v) is 5.87. The minimum Gasteiger partial charge on any atom is -0.382 e. The molecule has 1 aromatic rings. The lowest BCUT2D eigenvalue weighted by Gasteiger charge is -2.25. The molecule has 0 fully saturated rings. The first-order chi connectivity index (χ1) is 9.30. The van der Waals surface area contributed by atoms with Crippen LogP contribution in [0.3, 0.4) is 0 Å².